The lowest BCUT2D eigenvalue weighted by Crippen LogP contribution is -2.60. The normalized spacial score (nSPS) is 30.6. The Kier molecular flexibility index (Phi) is 6.83. The minimum atomic E-state index is -2.09. The number of fused-ring (bicyclic) bond motifs is 4. The van der Waals surface area contributed by atoms with E-state index < -0.39 is 51.1 Å². The van der Waals surface area contributed by atoms with Crippen LogP contribution in [0.2, 0.25) is 0 Å². The molecule has 3 aromatic rings. The summed E-state index contributed by atoms with van der Waals surface area (Å²) >= 11 is 14.7. The third-order valence-electron chi connectivity index (χ3n) is 9.71. The fourth-order valence-electron chi connectivity index (χ4n) is 7.65. The van der Waals surface area contributed by atoms with Gasteiger partial charge in [0.2, 0.25) is 11.8 Å². The zero-order valence-corrected chi connectivity index (χ0v) is 25.5. The van der Waals surface area contributed by atoms with E-state index in [9.17, 15) is 28.7 Å². The molecule has 0 spiro atoms. The molecule has 2 saturated heterocycles. The standard InChI is InChI=1S/C34H27Cl2FN2O6/c1-45-26-14-7-19(15-25(26)40)28-22-12-13-23-27(30(42)38(29(23)41)17-18-5-3-2-4-6-18)24(22)16-33(35)31(43)39(32(44)34(28,33)36)21-10-8-20(37)9-11-21/h2-12,14-15,23-24,27-28,40H,13,16-17H2,1H3. The molecule has 2 aliphatic carbocycles. The largest absolute Gasteiger partial charge is 0.504 e. The summed E-state index contributed by atoms with van der Waals surface area (Å²) in [6.07, 6.45) is 1.86. The summed E-state index contributed by atoms with van der Waals surface area (Å²) in [6.45, 7) is 0.102. The fraction of sp³-hybridized carbons (Fsp3) is 0.294. The lowest BCUT2D eigenvalue weighted by molar-refractivity contribution is -0.141. The number of hydrogen-bond donors (Lipinski definition) is 1. The zero-order valence-electron chi connectivity index (χ0n) is 24.0. The number of halogens is 3. The van der Waals surface area contributed by atoms with Gasteiger partial charge >= 0.3 is 0 Å². The smallest absolute Gasteiger partial charge is 0.258 e. The van der Waals surface area contributed by atoms with Gasteiger partial charge in [0.25, 0.3) is 11.8 Å². The van der Waals surface area contributed by atoms with Crippen molar-refractivity contribution in [1.82, 2.24) is 4.90 Å². The third-order valence-corrected chi connectivity index (χ3v) is 11.1. The molecule has 8 nitrogen and oxygen atoms in total. The number of nitrogens with zero attached hydrogens (tertiary/aromatic N) is 2. The first-order chi connectivity index (χ1) is 21.5. The van der Waals surface area contributed by atoms with Gasteiger partial charge in [-0.3, -0.25) is 24.1 Å². The third kappa shape index (κ3) is 4.10. The van der Waals surface area contributed by atoms with Crippen LogP contribution >= 0.6 is 23.2 Å². The number of alkyl halides is 2. The minimum Gasteiger partial charge on any atom is -0.504 e. The van der Waals surface area contributed by atoms with Crippen molar-refractivity contribution in [2.24, 2.45) is 17.8 Å². The topological polar surface area (TPSA) is 104 Å². The summed E-state index contributed by atoms with van der Waals surface area (Å²) in [7, 11) is 1.39. The second kappa shape index (κ2) is 10.4. The summed E-state index contributed by atoms with van der Waals surface area (Å²) in [6, 6.07) is 18.5. The van der Waals surface area contributed by atoms with E-state index in [-0.39, 0.29) is 48.4 Å². The van der Waals surface area contributed by atoms with E-state index in [1.54, 1.807) is 6.07 Å². The Morgan fingerprint density at radius 3 is 2.31 bits per heavy atom. The van der Waals surface area contributed by atoms with Crippen molar-refractivity contribution in [3.05, 3.63) is 101 Å². The van der Waals surface area contributed by atoms with Crippen LogP contribution < -0.4 is 9.64 Å². The van der Waals surface area contributed by atoms with E-state index in [2.05, 4.69) is 0 Å². The van der Waals surface area contributed by atoms with Crippen LogP contribution in [0, 0.1) is 23.6 Å². The number of likely N-dealkylation sites (tertiary alicyclic amines) is 1. The number of carbonyl (C=O) groups excluding carboxylic acids is 4. The number of carbonyl (C=O) groups is 4. The molecule has 3 fully saturated rings. The van der Waals surface area contributed by atoms with Crippen molar-refractivity contribution >= 4 is 52.5 Å². The van der Waals surface area contributed by atoms with Gasteiger partial charge in [0.15, 0.2) is 21.2 Å². The van der Waals surface area contributed by atoms with E-state index in [0.29, 0.717) is 11.1 Å². The number of benzene rings is 3. The van der Waals surface area contributed by atoms with Crippen molar-refractivity contribution in [2.75, 3.05) is 12.0 Å². The number of ether oxygens (including phenoxy) is 1. The van der Waals surface area contributed by atoms with Gasteiger partial charge in [-0.2, -0.15) is 0 Å². The maximum atomic E-state index is 14.4. The molecule has 0 aromatic heterocycles. The summed E-state index contributed by atoms with van der Waals surface area (Å²) in [5.41, 5.74) is 1.86. The zero-order chi connectivity index (χ0) is 31.8. The summed E-state index contributed by atoms with van der Waals surface area (Å²) < 4.78 is 19.0. The SMILES string of the molecule is COc1ccc(C2C3=CCC4C(=O)N(Cc5ccccc5)C(=O)C4C3CC3(Cl)C(=O)N(c4ccc(F)cc4)C(=O)C23Cl)cc1O. The molecule has 3 aromatic carbocycles. The lowest BCUT2D eigenvalue weighted by atomic mass is 9.56. The van der Waals surface area contributed by atoms with Crippen LogP contribution in [-0.2, 0) is 25.7 Å². The molecule has 0 radical (unpaired) electrons. The van der Waals surface area contributed by atoms with Gasteiger partial charge in [0.05, 0.1) is 31.2 Å². The molecule has 2 aliphatic heterocycles. The molecule has 0 bridgehead atoms. The van der Waals surface area contributed by atoms with Crippen molar-refractivity contribution in [2.45, 2.75) is 35.1 Å². The minimum absolute atomic E-state index is 0.0909. The van der Waals surface area contributed by atoms with Crippen LogP contribution in [0.5, 0.6) is 11.5 Å². The number of methoxy groups -OCH3 is 1. The van der Waals surface area contributed by atoms with E-state index in [1.807, 2.05) is 36.4 Å². The van der Waals surface area contributed by atoms with Gasteiger partial charge in [-0.1, -0.05) is 48.0 Å². The van der Waals surface area contributed by atoms with Gasteiger partial charge in [0, 0.05) is 5.92 Å². The first kappa shape index (κ1) is 29.5. The molecule has 230 valence electrons. The molecular weight excluding hydrogens is 622 g/mol. The van der Waals surface area contributed by atoms with E-state index in [1.165, 1.54) is 36.3 Å². The van der Waals surface area contributed by atoms with Gasteiger partial charge in [-0.25, -0.2) is 9.29 Å². The Labute approximate surface area is 268 Å². The number of anilines is 1. The predicted octanol–water partition coefficient (Wildman–Crippen LogP) is 5.30. The molecule has 4 amide bonds. The average Bonchev–Trinajstić information content (AvgIpc) is 3.35. The van der Waals surface area contributed by atoms with Gasteiger partial charge < -0.3 is 9.84 Å². The summed E-state index contributed by atoms with van der Waals surface area (Å²) in [4.78, 5) is 54.4. The molecule has 11 heteroatoms. The predicted molar refractivity (Wildman–Crippen MR) is 163 cm³/mol. The Hall–Kier alpha value is -4.21. The van der Waals surface area contributed by atoms with Crippen LogP contribution in [0.1, 0.15) is 29.9 Å². The van der Waals surface area contributed by atoms with Crippen LogP contribution in [0.15, 0.2) is 84.4 Å². The molecular formula is C34H27Cl2FN2O6. The van der Waals surface area contributed by atoms with Crippen molar-refractivity contribution in [3.8, 4) is 11.5 Å². The Balaban J connectivity index is 1.37. The second-order valence-electron chi connectivity index (χ2n) is 11.9. The molecule has 1 saturated carbocycles. The highest BCUT2D eigenvalue weighted by molar-refractivity contribution is 6.58. The number of amides is 4. The average molecular weight is 650 g/mol. The van der Waals surface area contributed by atoms with Crippen LogP contribution in [-0.4, -0.2) is 50.5 Å². The van der Waals surface area contributed by atoms with Crippen molar-refractivity contribution in [1.29, 1.82) is 0 Å². The molecule has 4 aliphatic rings. The Morgan fingerprint density at radius 2 is 1.64 bits per heavy atom. The first-order valence-corrected chi connectivity index (χ1v) is 15.2. The number of phenolic OH excluding ortho intramolecular Hbond substituents is 1. The molecule has 7 rings (SSSR count). The Bertz CT molecular complexity index is 1800. The quantitative estimate of drug-likeness (QED) is 0.229. The molecule has 45 heavy (non-hydrogen) atoms. The van der Waals surface area contributed by atoms with E-state index in [0.717, 1.165) is 22.6 Å². The van der Waals surface area contributed by atoms with Gasteiger partial charge in [-0.05, 0) is 66.3 Å². The highest BCUT2D eigenvalue weighted by atomic mass is 35.5. The number of aromatic hydroxyl groups is 1. The summed E-state index contributed by atoms with van der Waals surface area (Å²) in [5.74, 6) is -6.21. The number of rotatable bonds is 5. The molecule has 6 unspecified atom stereocenters. The maximum absolute atomic E-state index is 14.4. The highest BCUT2D eigenvalue weighted by Crippen LogP contribution is 2.66. The number of hydrogen-bond acceptors (Lipinski definition) is 6. The Morgan fingerprint density at radius 1 is 0.933 bits per heavy atom. The molecule has 6 atom stereocenters. The van der Waals surface area contributed by atoms with E-state index in [4.69, 9.17) is 27.9 Å². The number of allylic oxidation sites excluding steroid dienone is 2. The first-order valence-electron chi connectivity index (χ1n) is 14.5. The maximum Gasteiger partial charge on any atom is 0.258 e. The van der Waals surface area contributed by atoms with Gasteiger partial charge in [0.1, 0.15) is 5.82 Å². The highest BCUT2D eigenvalue weighted by Gasteiger charge is 2.76. The van der Waals surface area contributed by atoms with Crippen LogP contribution in [0.25, 0.3) is 0 Å². The lowest BCUT2D eigenvalue weighted by Gasteiger charge is -2.50. The fourth-order valence-corrected chi connectivity index (χ4v) is 8.58. The van der Waals surface area contributed by atoms with E-state index >= 15 is 0 Å². The monoisotopic (exact) mass is 648 g/mol. The van der Waals surface area contributed by atoms with Crippen LogP contribution in [0.3, 0.4) is 0 Å². The number of imide groups is 2. The molecule has 2 heterocycles. The van der Waals surface area contributed by atoms with Crippen molar-refractivity contribution in [3.63, 3.8) is 0 Å². The van der Waals surface area contributed by atoms with Crippen LogP contribution in [0.4, 0.5) is 10.1 Å². The van der Waals surface area contributed by atoms with Crippen molar-refractivity contribution < 1.29 is 33.4 Å². The molecule has 1 N–H and O–H groups in total. The number of phenols is 1. The summed E-state index contributed by atoms with van der Waals surface area (Å²) in [5, 5.41) is 10.8. The second-order valence-corrected chi connectivity index (χ2v) is 13.2. The van der Waals surface area contributed by atoms with Gasteiger partial charge in [-0.15, -0.1) is 23.2 Å².